The Morgan fingerprint density at radius 3 is 2.63 bits per heavy atom. The topological polar surface area (TPSA) is 15.3 Å². The molecule has 1 aromatic rings. The van der Waals surface area contributed by atoms with Gasteiger partial charge in [-0.05, 0) is 56.5 Å². The van der Waals surface area contributed by atoms with Gasteiger partial charge in [0.1, 0.15) is 0 Å². The molecule has 0 bridgehead atoms. The predicted molar refractivity (Wildman–Crippen MR) is 83.5 cm³/mol. The molecule has 1 aliphatic rings. The Kier molecular flexibility index (Phi) is 5.26. The van der Waals surface area contributed by atoms with Crippen molar-refractivity contribution in [3.8, 4) is 0 Å². The van der Waals surface area contributed by atoms with Crippen LogP contribution in [0.1, 0.15) is 45.6 Å². The fourth-order valence-corrected chi connectivity index (χ4v) is 2.72. The van der Waals surface area contributed by atoms with Crippen LogP contribution in [0.2, 0.25) is 0 Å². The fraction of sp³-hybridized carbons (Fsp3) is 0.647. The summed E-state index contributed by atoms with van der Waals surface area (Å²) in [6.45, 7) is 10.5. The third-order valence-electron chi connectivity index (χ3n) is 4.42. The molecule has 2 rings (SSSR count). The van der Waals surface area contributed by atoms with E-state index in [1.807, 2.05) is 0 Å². The van der Waals surface area contributed by atoms with E-state index in [4.69, 9.17) is 0 Å². The highest BCUT2D eigenvalue weighted by Crippen LogP contribution is 2.18. The Morgan fingerprint density at radius 1 is 1.21 bits per heavy atom. The number of likely N-dealkylation sites (tertiary alicyclic amines) is 1. The van der Waals surface area contributed by atoms with Crippen molar-refractivity contribution in [2.45, 2.75) is 52.6 Å². The second kappa shape index (κ2) is 6.95. The van der Waals surface area contributed by atoms with Crippen LogP contribution in [0.25, 0.3) is 0 Å². The van der Waals surface area contributed by atoms with Crippen molar-refractivity contribution in [2.75, 3.05) is 18.4 Å². The first kappa shape index (κ1) is 14.4. The van der Waals surface area contributed by atoms with E-state index < -0.39 is 0 Å². The van der Waals surface area contributed by atoms with Crippen LogP contribution >= 0.6 is 0 Å². The first-order valence-electron chi connectivity index (χ1n) is 7.77. The number of nitrogens with one attached hydrogen (secondary N) is 1. The molecule has 0 amide bonds. The van der Waals surface area contributed by atoms with Crippen LogP contribution in [0, 0.1) is 5.92 Å². The quantitative estimate of drug-likeness (QED) is 0.827. The molecular formula is C17H28N2. The molecule has 2 heteroatoms. The molecule has 1 heterocycles. The number of hydrogen-bond acceptors (Lipinski definition) is 2. The maximum Gasteiger partial charge on any atom is 0.0345 e. The summed E-state index contributed by atoms with van der Waals surface area (Å²) < 4.78 is 0. The third kappa shape index (κ3) is 4.24. The van der Waals surface area contributed by atoms with Crippen molar-refractivity contribution in [3.63, 3.8) is 0 Å². The van der Waals surface area contributed by atoms with E-state index >= 15 is 0 Å². The predicted octanol–water partition coefficient (Wildman–Crippen LogP) is 4.13. The molecule has 0 radical (unpaired) electrons. The summed E-state index contributed by atoms with van der Waals surface area (Å²) in [5.74, 6) is 0.710. The molecule has 0 spiro atoms. The van der Waals surface area contributed by atoms with Gasteiger partial charge in [0, 0.05) is 18.3 Å². The van der Waals surface area contributed by atoms with Gasteiger partial charge in [-0.3, -0.25) is 4.90 Å². The van der Waals surface area contributed by atoms with E-state index in [1.54, 1.807) is 0 Å². The van der Waals surface area contributed by atoms with Gasteiger partial charge in [0.15, 0.2) is 0 Å². The number of benzene rings is 1. The lowest BCUT2D eigenvalue weighted by atomic mass is 10.0. The molecule has 0 saturated carbocycles. The van der Waals surface area contributed by atoms with Crippen molar-refractivity contribution < 1.29 is 0 Å². The number of rotatable bonds is 6. The van der Waals surface area contributed by atoms with Gasteiger partial charge in [-0.25, -0.2) is 0 Å². The van der Waals surface area contributed by atoms with Crippen molar-refractivity contribution in [1.82, 2.24) is 4.90 Å². The molecule has 106 valence electrons. The van der Waals surface area contributed by atoms with Crippen LogP contribution in [-0.2, 0) is 6.54 Å². The van der Waals surface area contributed by atoms with Gasteiger partial charge < -0.3 is 5.32 Å². The minimum atomic E-state index is 0.534. The third-order valence-corrected chi connectivity index (χ3v) is 4.42. The molecule has 2 atom stereocenters. The number of hydrogen-bond donors (Lipinski definition) is 1. The van der Waals surface area contributed by atoms with Crippen LogP contribution in [0.4, 0.5) is 5.69 Å². The van der Waals surface area contributed by atoms with E-state index in [-0.39, 0.29) is 0 Å². The zero-order valence-corrected chi connectivity index (χ0v) is 12.7. The Hall–Kier alpha value is -1.02. The van der Waals surface area contributed by atoms with Gasteiger partial charge in [-0.1, -0.05) is 32.4 Å². The van der Waals surface area contributed by atoms with Crippen molar-refractivity contribution in [2.24, 2.45) is 5.92 Å². The standard InChI is InChI=1S/C17H28N2/c1-4-14(2)15(3)18-17-9-7-8-16(12-17)13-19-10-5-6-11-19/h7-9,12,14-15,18H,4-6,10-11,13H2,1-3H3. The van der Waals surface area contributed by atoms with E-state index in [0.717, 1.165) is 6.54 Å². The SMILES string of the molecule is CCC(C)C(C)Nc1cccc(CN2CCCC2)c1. The van der Waals surface area contributed by atoms with Crippen LogP contribution < -0.4 is 5.32 Å². The Morgan fingerprint density at radius 2 is 1.95 bits per heavy atom. The molecule has 1 aliphatic heterocycles. The zero-order chi connectivity index (χ0) is 13.7. The first-order valence-corrected chi connectivity index (χ1v) is 7.77. The molecule has 1 fully saturated rings. The summed E-state index contributed by atoms with van der Waals surface area (Å²) >= 11 is 0. The van der Waals surface area contributed by atoms with E-state index in [2.05, 4.69) is 55.3 Å². The summed E-state index contributed by atoms with van der Waals surface area (Å²) in [6, 6.07) is 9.46. The summed E-state index contributed by atoms with van der Waals surface area (Å²) in [5, 5.41) is 3.64. The Labute approximate surface area is 118 Å². The van der Waals surface area contributed by atoms with Gasteiger partial charge in [0.25, 0.3) is 0 Å². The molecule has 1 saturated heterocycles. The summed E-state index contributed by atoms with van der Waals surface area (Å²) in [7, 11) is 0. The van der Waals surface area contributed by atoms with Gasteiger partial charge in [0.05, 0.1) is 0 Å². The van der Waals surface area contributed by atoms with Gasteiger partial charge in [-0.15, -0.1) is 0 Å². The van der Waals surface area contributed by atoms with E-state index in [9.17, 15) is 0 Å². The van der Waals surface area contributed by atoms with Crippen LogP contribution in [0.15, 0.2) is 24.3 Å². The van der Waals surface area contributed by atoms with Crippen molar-refractivity contribution in [3.05, 3.63) is 29.8 Å². The smallest absolute Gasteiger partial charge is 0.0345 e. The van der Waals surface area contributed by atoms with E-state index in [1.165, 1.54) is 43.6 Å². The molecule has 0 aromatic heterocycles. The summed E-state index contributed by atoms with van der Waals surface area (Å²) in [5.41, 5.74) is 2.70. The minimum absolute atomic E-state index is 0.534. The molecule has 19 heavy (non-hydrogen) atoms. The molecular weight excluding hydrogens is 232 g/mol. The normalized spacial score (nSPS) is 19.3. The average Bonchev–Trinajstić information content (AvgIpc) is 2.91. The second-order valence-corrected chi connectivity index (χ2v) is 6.00. The van der Waals surface area contributed by atoms with Gasteiger partial charge in [0.2, 0.25) is 0 Å². The Balaban J connectivity index is 1.94. The number of anilines is 1. The van der Waals surface area contributed by atoms with E-state index in [0.29, 0.717) is 12.0 Å². The lowest BCUT2D eigenvalue weighted by Gasteiger charge is -2.22. The summed E-state index contributed by atoms with van der Waals surface area (Å²) in [4.78, 5) is 2.55. The average molecular weight is 260 g/mol. The lowest BCUT2D eigenvalue weighted by molar-refractivity contribution is 0.331. The van der Waals surface area contributed by atoms with Gasteiger partial charge >= 0.3 is 0 Å². The van der Waals surface area contributed by atoms with Crippen molar-refractivity contribution >= 4 is 5.69 Å². The highest BCUT2D eigenvalue weighted by atomic mass is 15.1. The summed E-state index contributed by atoms with van der Waals surface area (Å²) in [6.07, 6.45) is 3.95. The maximum absolute atomic E-state index is 3.64. The number of nitrogens with zero attached hydrogens (tertiary/aromatic N) is 1. The maximum atomic E-state index is 3.64. The largest absolute Gasteiger partial charge is 0.382 e. The molecule has 0 aliphatic carbocycles. The minimum Gasteiger partial charge on any atom is -0.382 e. The van der Waals surface area contributed by atoms with Crippen molar-refractivity contribution in [1.29, 1.82) is 0 Å². The molecule has 1 N–H and O–H groups in total. The Bertz CT molecular complexity index is 383. The molecule has 1 aromatic carbocycles. The van der Waals surface area contributed by atoms with Gasteiger partial charge in [-0.2, -0.15) is 0 Å². The van der Waals surface area contributed by atoms with Crippen LogP contribution in [0.5, 0.6) is 0 Å². The van der Waals surface area contributed by atoms with Crippen LogP contribution in [0.3, 0.4) is 0 Å². The molecule has 2 nitrogen and oxygen atoms in total. The second-order valence-electron chi connectivity index (χ2n) is 6.00. The van der Waals surface area contributed by atoms with Crippen LogP contribution in [-0.4, -0.2) is 24.0 Å². The monoisotopic (exact) mass is 260 g/mol. The highest BCUT2D eigenvalue weighted by molar-refractivity contribution is 5.46. The first-order chi connectivity index (χ1) is 9.19. The molecule has 2 unspecified atom stereocenters. The lowest BCUT2D eigenvalue weighted by Crippen LogP contribution is -2.23. The highest BCUT2D eigenvalue weighted by Gasteiger charge is 2.13. The zero-order valence-electron chi connectivity index (χ0n) is 12.7. The fourth-order valence-electron chi connectivity index (χ4n) is 2.72.